The third-order valence-electron chi connectivity index (χ3n) is 11.1. The zero-order chi connectivity index (χ0) is 35.5. The Hall–Kier alpha value is -6.64. The van der Waals surface area contributed by atoms with Gasteiger partial charge in [0.25, 0.3) is 0 Å². The lowest BCUT2D eigenvalue weighted by Gasteiger charge is -2.30. The lowest BCUT2D eigenvalue weighted by atomic mass is 9.82. The minimum absolute atomic E-state index is 0.123. The van der Waals surface area contributed by atoms with E-state index in [0.717, 1.165) is 61.3 Å². The fraction of sp³-hybridized carbons (Fsp3) is 0.0588. The van der Waals surface area contributed by atoms with Gasteiger partial charge in [-0.05, 0) is 98.6 Å². The molecule has 0 fully saturated rings. The summed E-state index contributed by atoms with van der Waals surface area (Å²) in [6, 6.07) is 67.9. The molecule has 0 aliphatic heterocycles. The molecule has 2 nitrogen and oxygen atoms in total. The highest BCUT2D eigenvalue weighted by Gasteiger charge is 2.36. The Kier molecular flexibility index (Phi) is 7.19. The van der Waals surface area contributed by atoms with Crippen molar-refractivity contribution in [1.82, 2.24) is 0 Å². The molecule has 0 bridgehead atoms. The number of rotatable bonds is 6. The van der Waals surface area contributed by atoms with Crippen LogP contribution in [0.5, 0.6) is 0 Å². The summed E-state index contributed by atoms with van der Waals surface area (Å²) in [7, 11) is 0. The van der Waals surface area contributed by atoms with Crippen LogP contribution < -0.4 is 4.90 Å². The van der Waals surface area contributed by atoms with Crippen LogP contribution in [0.25, 0.3) is 66.4 Å². The number of nitrogens with zero attached hydrogens (tertiary/aromatic N) is 1. The highest BCUT2D eigenvalue weighted by molar-refractivity contribution is 6.07. The first-order valence-corrected chi connectivity index (χ1v) is 18.3. The molecule has 0 saturated heterocycles. The van der Waals surface area contributed by atoms with Gasteiger partial charge in [-0.1, -0.05) is 153 Å². The van der Waals surface area contributed by atoms with E-state index < -0.39 is 0 Å². The number of hydrogen-bond donors (Lipinski definition) is 0. The average Bonchev–Trinajstić information content (AvgIpc) is 3.70. The largest absolute Gasteiger partial charge is 0.456 e. The molecule has 0 atom stereocenters. The van der Waals surface area contributed by atoms with Crippen molar-refractivity contribution in [2.75, 3.05) is 4.90 Å². The molecule has 10 rings (SSSR count). The molecule has 1 heterocycles. The number of para-hydroxylation sites is 2. The van der Waals surface area contributed by atoms with E-state index in [4.69, 9.17) is 4.42 Å². The molecule has 1 aliphatic carbocycles. The summed E-state index contributed by atoms with van der Waals surface area (Å²) in [5.74, 6) is 0. The first-order valence-electron chi connectivity index (χ1n) is 18.3. The number of anilines is 3. The standard InChI is InChI=1S/C51H37NO/c1-51(2)45-21-11-9-18-41(45)42-31-29-39(33-46(42)51)52(38-16-7-4-8-17-38)47-22-13-20-40(36-26-24-35(25-27-36)34-14-5-3-6-15-34)50(47)37-28-30-44-43-19-10-12-23-48(43)53-49(44)32-37/h3-33H,1-2H3. The molecule has 0 saturated carbocycles. The Labute approximate surface area is 310 Å². The van der Waals surface area contributed by atoms with E-state index in [2.05, 4.69) is 195 Å². The fourth-order valence-electron chi connectivity index (χ4n) is 8.46. The Balaban J connectivity index is 1.21. The predicted octanol–water partition coefficient (Wildman–Crippen LogP) is 14.4. The molecule has 9 aromatic rings. The molecule has 0 spiro atoms. The van der Waals surface area contributed by atoms with Crippen LogP contribution >= 0.6 is 0 Å². The monoisotopic (exact) mass is 679 g/mol. The van der Waals surface area contributed by atoms with Gasteiger partial charge in [0, 0.05) is 33.1 Å². The number of furan rings is 1. The predicted molar refractivity (Wildman–Crippen MR) is 222 cm³/mol. The van der Waals surface area contributed by atoms with Crippen LogP contribution in [0.1, 0.15) is 25.0 Å². The maximum atomic E-state index is 6.48. The van der Waals surface area contributed by atoms with Gasteiger partial charge in [-0.15, -0.1) is 0 Å². The minimum Gasteiger partial charge on any atom is -0.456 e. The summed E-state index contributed by atoms with van der Waals surface area (Å²) >= 11 is 0. The summed E-state index contributed by atoms with van der Waals surface area (Å²) in [6.45, 7) is 4.70. The van der Waals surface area contributed by atoms with Crippen molar-refractivity contribution in [1.29, 1.82) is 0 Å². The zero-order valence-electron chi connectivity index (χ0n) is 29.8. The normalized spacial score (nSPS) is 12.9. The van der Waals surface area contributed by atoms with Crippen LogP contribution in [-0.2, 0) is 5.41 Å². The van der Waals surface area contributed by atoms with E-state index in [1.807, 2.05) is 12.1 Å². The van der Waals surface area contributed by atoms with Gasteiger partial charge in [-0.2, -0.15) is 0 Å². The van der Waals surface area contributed by atoms with Gasteiger partial charge in [-0.3, -0.25) is 0 Å². The van der Waals surface area contributed by atoms with Crippen molar-refractivity contribution in [2.45, 2.75) is 19.3 Å². The highest BCUT2D eigenvalue weighted by Crippen LogP contribution is 2.52. The second kappa shape index (κ2) is 12.3. The molecule has 53 heavy (non-hydrogen) atoms. The van der Waals surface area contributed by atoms with Gasteiger partial charge in [0.15, 0.2) is 0 Å². The Bertz CT molecular complexity index is 2790. The van der Waals surface area contributed by atoms with E-state index >= 15 is 0 Å². The molecule has 0 radical (unpaired) electrons. The van der Waals surface area contributed by atoms with E-state index in [0.29, 0.717) is 0 Å². The van der Waals surface area contributed by atoms with Crippen molar-refractivity contribution >= 4 is 39.0 Å². The number of hydrogen-bond acceptors (Lipinski definition) is 2. The van der Waals surface area contributed by atoms with Crippen LogP contribution in [0.3, 0.4) is 0 Å². The van der Waals surface area contributed by atoms with Crippen molar-refractivity contribution in [3.05, 3.63) is 199 Å². The zero-order valence-corrected chi connectivity index (χ0v) is 29.8. The van der Waals surface area contributed by atoms with Gasteiger partial charge in [0.1, 0.15) is 11.2 Å². The topological polar surface area (TPSA) is 16.4 Å². The quantitative estimate of drug-likeness (QED) is 0.174. The van der Waals surface area contributed by atoms with Crippen molar-refractivity contribution < 1.29 is 4.42 Å². The van der Waals surface area contributed by atoms with Crippen molar-refractivity contribution in [3.8, 4) is 44.5 Å². The molecular weight excluding hydrogens is 643 g/mol. The lowest BCUT2D eigenvalue weighted by Crippen LogP contribution is -2.17. The summed E-state index contributed by atoms with van der Waals surface area (Å²) in [4.78, 5) is 2.43. The van der Waals surface area contributed by atoms with E-state index in [-0.39, 0.29) is 5.41 Å². The van der Waals surface area contributed by atoms with Crippen molar-refractivity contribution in [2.24, 2.45) is 0 Å². The fourth-order valence-corrected chi connectivity index (χ4v) is 8.46. The van der Waals surface area contributed by atoms with Crippen LogP contribution in [0, 0.1) is 0 Å². The van der Waals surface area contributed by atoms with Crippen LogP contribution in [0.15, 0.2) is 192 Å². The Morgan fingerprint density at radius 2 is 1.02 bits per heavy atom. The van der Waals surface area contributed by atoms with Crippen LogP contribution in [-0.4, -0.2) is 0 Å². The van der Waals surface area contributed by atoms with E-state index in [9.17, 15) is 0 Å². The molecule has 0 amide bonds. The highest BCUT2D eigenvalue weighted by atomic mass is 16.3. The third-order valence-corrected chi connectivity index (χ3v) is 11.1. The third kappa shape index (κ3) is 5.10. The van der Waals surface area contributed by atoms with Gasteiger partial charge in [0.2, 0.25) is 0 Å². The molecule has 252 valence electrons. The first kappa shape index (κ1) is 31.1. The Morgan fingerprint density at radius 3 is 1.85 bits per heavy atom. The van der Waals surface area contributed by atoms with E-state index in [1.54, 1.807) is 0 Å². The first-order chi connectivity index (χ1) is 26.0. The molecule has 0 N–H and O–H groups in total. The molecule has 0 unspecified atom stereocenters. The van der Waals surface area contributed by atoms with Crippen LogP contribution in [0.4, 0.5) is 17.1 Å². The lowest BCUT2D eigenvalue weighted by molar-refractivity contribution is 0.660. The second-order valence-electron chi connectivity index (χ2n) is 14.5. The molecule has 8 aromatic carbocycles. The number of fused-ring (bicyclic) bond motifs is 6. The summed E-state index contributed by atoms with van der Waals surface area (Å²) < 4.78 is 6.48. The summed E-state index contributed by atoms with van der Waals surface area (Å²) in [6.07, 6.45) is 0. The van der Waals surface area contributed by atoms with Crippen molar-refractivity contribution in [3.63, 3.8) is 0 Å². The van der Waals surface area contributed by atoms with Gasteiger partial charge in [-0.25, -0.2) is 0 Å². The van der Waals surface area contributed by atoms with Gasteiger partial charge >= 0.3 is 0 Å². The maximum Gasteiger partial charge on any atom is 0.136 e. The van der Waals surface area contributed by atoms with Crippen LogP contribution in [0.2, 0.25) is 0 Å². The maximum absolute atomic E-state index is 6.48. The summed E-state index contributed by atoms with van der Waals surface area (Å²) in [5, 5.41) is 2.25. The Morgan fingerprint density at radius 1 is 0.396 bits per heavy atom. The molecule has 1 aliphatic rings. The number of benzene rings is 8. The van der Waals surface area contributed by atoms with Gasteiger partial charge in [0.05, 0.1) is 5.69 Å². The molecular formula is C51H37NO. The smallest absolute Gasteiger partial charge is 0.136 e. The van der Waals surface area contributed by atoms with E-state index in [1.165, 1.54) is 33.4 Å². The molecule has 1 aromatic heterocycles. The minimum atomic E-state index is -0.123. The molecule has 2 heteroatoms. The summed E-state index contributed by atoms with van der Waals surface area (Å²) in [5.41, 5.74) is 17.3. The SMILES string of the molecule is CC1(C)c2ccccc2-c2ccc(N(c3ccccc3)c3cccc(-c4ccc(-c5ccccc5)cc4)c3-c3ccc4c(c3)oc3ccccc34)cc21. The average molecular weight is 680 g/mol. The van der Waals surface area contributed by atoms with Gasteiger partial charge < -0.3 is 9.32 Å². The second-order valence-corrected chi connectivity index (χ2v) is 14.5.